The second-order valence-corrected chi connectivity index (χ2v) is 2.85. The minimum atomic E-state index is -0.707. The molecule has 0 radical (unpaired) electrons. The summed E-state index contributed by atoms with van der Waals surface area (Å²) in [6, 6.07) is 0. The van der Waals surface area contributed by atoms with Crippen LogP contribution in [0.1, 0.15) is 13.3 Å². The zero-order valence-electron chi connectivity index (χ0n) is 9.64. The van der Waals surface area contributed by atoms with Crippen molar-refractivity contribution in [1.29, 1.82) is 0 Å². The molecule has 0 saturated carbocycles. The van der Waals surface area contributed by atoms with E-state index in [4.69, 9.17) is 11.5 Å². The van der Waals surface area contributed by atoms with Gasteiger partial charge in [0.15, 0.2) is 0 Å². The number of nitrogens with zero attached hydrogens (tertiary/aromatic N) is 3. The maximum atomic E-state index is 9.20. The highest BCUT2D eigenvalue weighted by molar-refractivity contribution is 5.37. The number of nitrogen functional groups attached to an aromatic ring is 2. The van der Waals surface area contributed by atoms with Crippen molar-refractivity contribution in [1.82, 2.24) is 15.0 Å². The Kier molecular flexibility index (Phi) is 6.81. The summed E-state index contributed by atoms with van der Waals surface area (Å²) in [5.41, 5.74) is 10.6. The lowest BCUT2D eigenvalue weighted by Gasteiger charge is -2.09. The van der Waals surface area contributed by atoms with Gasteiger partial charge in [-0.05, 0) is 6.42 Å². The molecule has 1 rings (SSSR count). The van der Waals surface area contributed by atoms with Gasteiger partial charge in [-0.15, -0.1) is 0 Å². The molecule has 0 amide bonds. The fourth-order valence-corrected chi connectivity index (χ4v) is 0.725. The molecule has 1 unspecified atom stereocenters. The molecule has 0 aliphatic heterocycles. The molecule has 92 valence electrons. The van der Waals surface area contributed by atoms with E-state index in [1.807, 2.05) is 6.92 Å². The normalized spacial score (nSPS) is 11.2. The quantitative estimate of drug-likeness (QED) is 0.508. The molecule has 1 heterocycles. The van der Waals surface area contributed by atoms with Gasteiger partial charge in [0.25, 0.3) is 0 Å². The largest absolute Gasteiger partial charge is 0.388 e. The van der Waals surface area contributed by atoms with E-state index in [1.165, 1.54) is 0 Å². The molecule has 1 aromatic heterocycles. The molecule has 16 heavy (non-hydrogen) atoms. The number of ether oxygens (including phenoxy) is 1. The Morgan fingerprint density at radius 3 is 2.06 bits per heavy atom. The smallest absolute Gasteiger partial charge is 0.231 e. The van der Waals surface area contributed by atoms with E-state index in [0.29, 0.717) is 6.42 Å². The van der Waals surface area contributed by atoms with Crippen molar-refractivity contribution in [2.75, 3.05) is 31.0 Å². The second kappa shape index (κ2) is 7.60. The standard InChI is InChI=1S/C6H12N6O.C2H6O/c1-2-3(13)9-6-11-4(7)10-5(8)12-6;1-3-2/h3,13H,2H2,1H3,(H5,7,8,9,10,11,12);1-2H3. The molecule has 1 aromatic rings. The van der Waals surface area contributed by atoms with E-state index in [2.05, 4.69) is 25.0 Å². The van der Waals surface area contributed by atoms with Crippen molar-refractivity contribution in [2.24, 2.45) is 0 Å². The lowest BCUT2D eigenvalue weighted by atomic mass is 10.4. The number of hydrogen-bond acceptors (Lipinski definition) is 8. The summed E-state index contributed by atoms with van der Waals surface area (Å²) in [6.07, 6.45) is -0.174. The number of rotatable bonds is 3. The third-order valence-electron chi connectivity index (χ3n) is 1.35. The molecule has 0 aliphatic carbocycles. The predicted molar refractivity (Wildman–Crippen MR) is 61.5 cm³/mol. The van der Waals surface area contributed by atoms with E-state index in [9.17, 15) is 5.11 Å². The monoisotopic (exact) mass is 230 g/mol. The minimum absolute atomic E-state index is 0.0262. The first-order valence-electron chi connectivity index (χ1n) is 4.65. The number of anilines is 3. The third kappa shape index (κ3) is 5.94. The molecule has 0 aliphatic rings. The van der Waals surface area contributed by atoms with Crippen molar-refractivity contribution in [3.8, 4) is 0 Å². The molecule has 0 saturated heterocycles. The molecular formula is C8H18N6O2. The van der Waals surface area contributed by atoms with Gasteiger partial charge in [0.2, 0.25) is 17.8 Å². The first-order chi connectivity index (χ1) is 7.53. The number of aliphatic hydroxyl groups excluding tert-OH is 1. The first-order valence-corrected chi connectivity index (χ1v) is 4.65. The van der Waals surface area contributed by atoms with Gasteiger partial charge >= 0.3 is 0 Å². The van der Waals surface area contributed by atoms with Crippen LogP contribution in [0.5, 0.6) is 0 Å². The fraction of sp³-hybridized carbons (Fsp3) is 0.625. The summed E-state index contributed by atoms with van der Waals surface area (Å²) >= 11 is 0. The zero-order chi connectivity index (χ0) is 12.6. The summed E-state index contributed by atoms with van der Waals surface area (Å²) in [5, 5.41) is 11.8. The number of aromatic nitrogens is 3. The summed E-state index contributed by atoms with van der Waals surface area (Å²) in [6.45, 7) is 1.81. The van der Waals surface area contributed by atoms with Crippen LogP contribution in [-0.4, -0.2) is 40.5 Å². The van der Waals surface area contributed by atoms with Crippen LogP contribution in [0, 0.1) is 0 Å². The van der Waals surface area contributed by atoms with Crippen LogP contribution in [-0.2, 0) is 4.74 Å². The Balaban J connectivity index is 0.000000673. The van der Waals surface area contributed by atoms with Crippen molar-refractivity contribution in [2.45, 2.75) is 19.6 Å². The number of nitrogens with two attached hydrogens (primary N) is 2. The second-order valence-electron chi connectivity index (χ2n) is 2.85. The van der Waals surface area contributed by atoms with Gasteiger partial charge in [-0.25, -0.2) is 0 Å². The topological polar surface area (TPSA) is 132 Å². The Morgan fingerprint density at radius 2 is 1.69 bits per heavy atom. The Morgan fingerprint density at radius 1 is 1.25 bits per heavy atom. The van der Waals surface area contributed by atoms with Crippen molar-refractivity contribution in [3.05, 3.63) is 0 Å². The fourth-order valence-electron chi connectivity index (χ4n) is 0.725. The van der Waals surface area contributed by atoms with Crippen molar-refractivity contribution < 1.29 is 9.84 Å². The van der Waals surface area contributed by atoms with Crippen molar-refractivity contribution >= 4 is 17.8 Å². The highest BCUT2D eigenvalue weighted by Crippen LogP contribution is 2.04. The number of aliphatic hydroxyl groups is 1. The maximum absolute atomic E-state index is 9.20. The molecule has 0 aromatic carbocycles. The van der Waals surface area contributed by atoms with E-state index in [0.717, 1.165) is 0 Å². The van der Waals surface area contributed by atoms with Crippen LogP contribution in [0.2, 0.25) is 0 Å². The summed E-state index contributed by atoms with van der Waals surface area (Å²) in [7, 11) is 3.25. The van der Waals surface area contributed by atoms with Gasteiger partial charge in [-0.3, -0.25) is 0 Å². The minimum Gasteiger partial charge on any atom is -0.388 e. The third-order valence-corrected chi connectivity index (χ3v) is 1.35. The molecule has 0 spiro atoms. The molecule has 8 heteroatoms. The highest BCUT2D eigenvalue weighted by Gasteiger charge is 2.04. The Hall–Kier alpha value is -1.67. The molecule has 0 fully saturated rings. The van der Waals surface area contributed by atoms with E-state index < -0.39 is 6.23 Å². The Labute approximate surface area is 94.1 Å². The Bertz CT molecular complexity index is 288. The van der Waals surface area contributed by atoms with Gasteiger partial charge in [-0.1, -0.05) is 6.92 Å². The summed E-state index contributed by atoms with van der Waals surface area (Å²) in [5.74, 6) is 0.232. The summed E-state index contributed by atoms with van der Waals surface area (Å²) < 4.78 is 4.25. The van der Waals surface area contributed by atoms with Crippen LogP contribution in [0.3, 0.4) is 0 Å². The summed E-state index contributed by atoms with van der Waals surface area (Å²) in [4.78, 5) is 11.0. The molecule has 0 bridgehead atoms. The number of hydrogen-bond donors (Lipinski definition) is 4. The van der Waals surface area contributed by atoms with Gasteiger partial charge in [0.1, 0.15) is 6.23 Å². The first kappa shape index (κ1) is 14.3. The zero-order valence-corrected chi connectivity index (χ0v) is 9.64. The van der Waals surface area contributed by atoms with Gasteiger partial charge in [0.05, 0.1) is 0 Å². The van der Waals surface area contributed by atoms with Crippen LogP contribution in [0.15, 0.2) is 0 Å². The van der Waals surface area contributed by atoms with Crippen LogP contribution < -0.4 is 16.8 Å². The van der Waals surface area contributed by atoms with E-state index in [1.54, 1.807) is 14.2 Å². The predicted octanol–water partition coefficient (Wildman–Crippen LogP) is -0.561. The van der Waals surface area contributed by atoms with Gasteiger partial charge < -0.3 is 26.6 Å². The van der Waals surface area contributed by atoms with Crippen LogP contribution in [0.4, 0.5) is 17.8 Å². The van der Waals surface area contributed by atoms with Gasteiger partial charge in [-0.2, -0.15) is 15.0 Å². The highest BCUT2D eigenvalue weighted by atomic mass is 16.4. The van der Waals surface area contributed by atoms with E-state index in [-0.39, 0.29) is 17.8 Å². The molecular weight excluding hydrogens is 212 g/mol. The lowest BCUT2D eigenvalue weighted by Crippen LogP contribution is -2.20. The van der Waals surface area contributed by atoms with Gasteiger partial charge in [0, 0.05) is 14.2 Å². The lowest BCUT2D eigenvalue weighted by molar-refractivity contribution is 0.198. The van der Waals surface area contributed by atoms with Crippen molar-refractivity contribution in [3.63, 3.8) is 0 Å². The molecule has 8 nitrogen and oxygen atoms in total. The SMILES string of the molecule is CCC(O)Nc1nc(N)nc(N)n1.COC. The van der Waals surface area contributed by atoms with Crippen LogP contribution >= 0.6 is 0 Å². The number of methoxy groups -OCH3 is 1. The number of nitrogens with one attached hydrogen (secondary N) is 1. The van der Waals surface area contributed by atoms with Crippen LogP contribution in [0.25, 0.3) is 0 Å². The molecule has 6 N–H and O–H groups in total. The maximum Gasteiger partial charge on any atom is 0.231 e. The molecule has 1 atom stereocenters. The van der Waals surface area contributed by atoms with E-state index >= 15 is 0 Å². The average molecular weight is 230 g/mol. The average Bonchev–Trinajstić information content (AvgIpc) is 2.17.